The summed E-state index contributed by atoms with van der Waals surface area (Å²) in [7, 11) is 0. The highest BCUT2D eigenvalue weighted by molar-refractivity contribution is 9.08. The summed E-state index contributed by atoms with van der Waals surface area (Å²) in [6.45, 7) is 2.01. The molecule has 2 aromatic rings. The number of aryl methyl sites for hydroxylation is 1. The third-order valence-corrected chi connectivity index (χ3v) is 2.57. The van der Waals surface area contributed by atoms with Crippen LogP contribution in [0.5, 0.6) is 0 Å². The first kappa shape index (κ1) is 10.2. The van der Waals surface area contributed by atoms with E-state index in [2.05, 4.69) is 30.9 Å². The van der Waals surface area contributed by atoms with Gasteiger partial charge in [0, 0.05) is 17.7 Å². The maximum Gasteiger partial charge on any atom is 0.178 e. The van der Waals surface area contributed by atoms with Gasteiger partial charge >= 0.3 is 0 Å². The van der Waals surface area contributed by atoms with Crippen LogP contribution < -0.4 is 0 Å². The first-order chi connectivity index (χ1) is 7.29. The van der Waals surface area contributed by atoms with Crippen LogP contribution in [-0.4, -0.2) is 15.0 Å². The molecular formula is C11H10BrN3. The Balaban J connectivity index is 2.40. The second-order valence-corrected chi connectivity index (χ2v) is 3.79. The Hall–Kier alpha value is -1.29. The van der Waals surface area contributed by atoms with Crippen LogP contribution in [0.3, 0.4) is 0 Å². The molecule has 0 atom stereocenters. The molecule has 0 amide bonds. The molecule has 0 spiro atoms. The average Bonchev–Trinajstić information content (AvgIpc) is 2.30. The Morgan fingerprint density at radius 1 is 1.20 bits per heavy atom. The summed E-state index contributed by atoms with van der Waals surface area (Å²) < 4.78 is 0. The maximum absolute atomic E-state index is 4.37. The van der Waals surface area contributed by atoms with Gasteiger partial charge in [-0.05, 0) is 24.6 Å². The van der Waals surface area contributed by atoms with Gasteiger partial charge in [-0.3, -0.25) is 4.98 Å². The fraction of sp³-hybridized carbons (Fsp3) is 0.182. The molecule has 4 heteroatoms. The van der Waals surface area contributed by atoms with Gasteiger partial charge in [-0.15, -0.1) is 0 Å². The summed E-state index contributed by atoms with van der Waals surface area (Å²) in [6, 6.07) is 5.82. The lowest BCUT2D eigenvalue weighted by atomic mass is 10.2. The Bertz CT molecular complexity index is 454. The van der Waals surface area contributed by atoms with Crippen molar-refractivity contribution in [1.29, 1.82) is 0 Å². The van der Waals surface area contributed by atoms with Crippen molar-refractivity contribution in [2.45, 2.75) is 12.3 Å². The zero-order valence-electron chi connectivity index (χ0n) is 8.31. The first-order valence-corrected chi connectivity index (χ1v) is 5.72. The second-order valence-electron chi connectivity index (χ2n) is 3.23. The molecule has 2 rings (SSSR count). The molecule has 0 fully saturated rings. The number of rotatable bonds is 2. The lowest BCUT2D eigenvalue weighted by molar-refractivity contribution is 1.08. The highest BCUT2D eigenvalue weighted by Crippen LogP contribution is 2.12. The quantitative estimate of drug-likeness (QED) is 0.783. The third-order valence-electron chi connectivity index (χ3n) is 1.99. The van der Waals surface area contributed by atoms with E-state index >= 15 is 0 Å². The Kier molecular flexibility index (Phi) is 3.06. The van der Waals surface area contributed by atoms with Gasteiger partial charge in [-0.1, -0.05) is 22.0 Å². The van der Waals surface area contributed by atoms with E-state index in [0.29, 0.717) is 5.82 Å². The van der Waals surface area contributed by atoms with E-state index in [0.717, 1.165) is 22.3 Å². The Morgan fingerprint density at radius 2 is 2.07 bits per heavy atom. The number of hydrogen-bond acceptors (Lipinski definition) is 3. The zero-order chi connectivity index (χ0) is 10.7. The number of halogens is 1. The van der Waals surface area contributed by atoms with Crippen molar-refractivity contribution in [3.05, 3.63) is 41.9 Å². The van der Waals surface area contributed by atoms with Gasteiger partial charge in [0.05, 0.1) is 5.69 Å². The van der Waals surface area contributed by atoms with Gasteiger partial charge in [0.25, 0.3) is 0 Å². The summed E-state index contributed by atoms with van der Waals surface area (Å²) in [4.78, 5) is 12.8. The van der Waals surface area contributed by atoms with Crippen molar-refractivity contribution in [3.8, 4) is 11.5 Å². The van der Waals surface area contributed by atoms with E-state index in [1.807, 2.05) is 31.3 Å². The standard InChI is InChI=1S/C11H10BrN3/c1-8-2-3-10(14-7-8)11-13-5-4-9(6-12)15-11/h2-5,7H,6H2,1H3. The zero-order valence-corrected chi connectivity index (χ0v) is 9.90. The highest BCUT2D eigenvalue weighted by atomic mass is 79.9. The van der Waals surface area contributed by atoms with Crippen molar-refractivity contribution in [3.63, 3.8) is 0 Å². The molecule has 0 aromatic carbocycles. The molecule has 2 aromatic heterocycles. The minimum atomic E-state index is 0.673. The normalized spacial score (nSPS) is 10.3. The predicted octanol–water partition coefficient (Wildman–Crippen LogP) is 2.74. The molecular weight excluding hydrogens is 254 g/mol. The number of nitrogens with zero attached hydrogens (tertiary/aromatic N) is 3. The maximum atomic E-state index is 4.37. The van der Waals surface area contributed by atoms with Crippen LogP contribution in [-0.2, 0) is 5.33 Å². The Morgan fingerprint density at radius 3 is 2.73 bits per heavy atom. The molecule has 3 nitrogen and oxygen atoms in total. The number of hydrogen-bond donors (Lipinski definition) is 0. The van der Waals surface area contributed by atoms with Crippen molar-refractivity contribution in [1.82, 2.24) is 15.0 Å². The summed E-state index contributed by atoms with van der Waals surface area (Å²) in [5, 5.41) is 0.731. The molecule has 0 aliphatic carbocycles. The van der Waals surface area contributed by atoms with Crippen LogP contribution in [0.25, 0.3) is 11.5 Å². The molecule has 0 unspecified atom stereocenters. The molecule has 0 saturated heterocycles. The van der Waals surface area contributed by atoms with Gasteiger partial charge in [0.15, 0.2) is 5.82 Å². The summed E-state index contributed by atoms with van der Waals surface area (Å²) in [5.41, 5.74) is 2.90. The van der Waals surface area contributed by atoms with Gasteiger partial charge in [0.2, 0.25) is 0 Å². The topological polar surface area (TPSA) is 38.7 Å². The molecule has 2 heterocycles. The monoisotopic (exact) mass is 263 g/mol. The van der Waals surface area contributed by atoms with E-state index in [1.165, 1.54) is 0 Å². The van der Waals surface area contributed by atoms with Gasteiger partial charge < -0.3 is 0 Å². The molecule has 0 saturated carbocycles. The van der Waals surface area contributed by atoms with E-state index in [-0.39, 0.29) is 0 Å². The van der Waals surface area contributed by atoms with Crippen LogP contribution in [0.4, 0.5) is 0 Å². The smallest absolute Gasteiger partial charge is 0.178 e. The average molecular weight is 264 g/mol. The molecule has 15 heavy (non-hydrogen) atoms. The van der Waals surface area contributed by atoms with Crippen LogP contribution in [0.2, 0.25) is 0 Å². The van der Waals surface area contributed by atoms with Crippen LogP contribution in [0.15, 0.2) is 30.6 Å². The van der Waals surface area contributed by atoms with Crippen LogP contribution >= 0.6 is 15.9 Å². The van der Waals surface area contributed by atoms with E-state index in [1.54, 1.807) is 6.20 Å². The van der Waals surface area contributed by atoms with Crippen LogP contribution in [0, 0.1) is 6.92 Å². The van der Waals surface area contributed by atoms with Crippen molar-refractivity contribution in [2.75, 3.05) is 0 Å². The van der Waals surface area contributed by atoms with E-state index < -0.39 is 0 Å². The minimum absolute atomic E-state index is 0.673. The minimum Gasteiger partial charge on any atom is -0.253 e. The van der Waals surface area contributed by atoms with Gasteiger partial charge in [0.1, 0.15) is 5.69 Å². The third kappa shape index (κ3) is 2.39. The highest BCUT2D eigenvalue weighted by Gasteiger charge is 2.02. The Labute approximate surface area is 96.7 Å². The van der Waals surface area contributed by atoms with E-state index in [9.17, 15) is 0 Å². The molecule has 0 bridgehead atoms. The number of aromatic nitrogens is 3. The SMILES string of the molecule is Cc1ccc(-c2nccc(CBr)n2)nc1. The fourth-order valence-electron chi connectivity index (χ4n) is 1.19. The summed E-state index contributed by atoms with van der Waals surface area (Å²) in [5.74, 6) is 0.673. The van der Waals surface area contributed by atoms with E-state index in [4.69, 9.17) is 0 Å². The second kappa shape index (κ2) is 4.49. The van der Waals surface area contributed by atoms with Gasteiger partial charge in [-0.25, -0.2) is 9.97 Å². The molecule has 0 aliphatic rings. The fourth-order valence-corrected chi connectivity index (χ4v) is 1.51. The van der Waals surface area contributed by atoms with Gasteiger partial charge in [-0.2, -0.15) is 0 Å². The number of pyridine rings is 1. The summed E-state index contributed by atoms with van der Waals surface area (Å²) in [6.07, 6.45) is 3.57. The molecule has 0 N–H and O–H groups in total. The van der Waals surface area contributed by atoms with Crippen LogP contribution in [0.1, 0.15) is 11.3 Å². The first-order valence-electron chi connectivity index (χ1n) is 4.60. The largest absolute Gasteiger partial charge is 0.253 e. The lowest BCUT2D eigenvalue weighted by Crippen LogP contribution is -1.94. The molecule has 76 valence electrons. The van der Waals surface area contributed by atoms with Crippen molar-refractivity contribution in [2.24, 2.45) is 0 Å². The summed E-state index contributed by atoms with van der Waals surface area (Å²) >= 11 is 3.37. The predicted molar refractivity (Wildman–Crippen MR) is 62.6 cm³/mol. The lowest BCUT2D eigenvalue weighted by Gasteiger charge is -2.00. The number of alkyl halides is 1. The molecule has 0 radical (unpaired) electrons. The molecule has 0 aliphatic heterocycles. The van der Waals surface area contributed by atoms with Crippen molar-refractivity contribution >= 4 is 15.9 Å². The van der Waals surface area contributed by atoms with Crippen molar-refractivity contribution < 1.29 is 0 Å².